The van der Waals surface area contributed by atoms with Gasteiger partial charge in [0.2, 0.25) is 0 Å². The molecule has 2 fully saturated rings. The van der Waals surface area contributed by atoms with Crippen molar-refractivity contribution in [1.82, 2.24) is 10.2 Å². The van der Waals surface area contributed by atoms with E-state index in [2.05, 4.69) is 31.0 Å². The summed E-state index contributed by atoms with van der Waals surface area (Å²) in [5.74, 6) is -0.628. The van der Waals surface area contributed by atoms with Crippen molar-refractivity contribution >= 4 is 46.3 Å². The molecule has 0 aromatic heterocycles. The van der Waals surface area contributed by atoms with E-state index in [0.717, 1.165) is 25.2 Å². The predicted octanol–water partition coefficient (Wildman–Crippen LogP) is 4.60. The molecule has 0 saturated carbocycles. The summed E-state index contributed by atoms with van der Waals surface area (Å²) in [6, 6.07) is 1.88. The van der Waals surface area contributed by atoms with Gasteiger partial charge in [-0.3, -0.25) is 19.8 Å². The Labute approximate surface area is 176 Å². The summed E-state index contributed by atoms with van der Waals surface area (Å²) >= 11 is 6.95. The molecule has 158 valence electrons. The number of carbonyl (C=O) groups is 2. The quantitative estimate of drug-likeness (QED) is 0.671. The molecular weight excluding hydrogens is 427 g/mol. The van der Waals surface area contributed by atoms with Crippen molar-refractivity contribution < 1.29 is 22.8 Å². The van der Waals surface area contributed by atoms with Gasteiger partial charge in [0, 0.05) is 37.3 Å². The number of alkyl halides is 3. The zero-order valence-electron chi connectivity index (χ0n) is 16.2. The molecule has 29 heavy (non-hydrogen) atoms. The number of imide groups is 1. The number of carbonyl (C=O) groups excluding carboxylic acids is 2. The van der Waals surface area contributed by atoms with Gasteiger partial charge in [-0.2, -0.15) is 13.2 Å². The summed E-state index contributed by atoms with van der Waals surface area (Å²) in [5, 5.41) is 1.52. The maximum atomic E-state index is 13.3. The van der Waals surface area contributed by atoms with Crippen LogP contribution in [0.2, 0.25) is 5.02 Å². The zero-order valence-corrected chi connectivity index (χ0v) is 17.8. The van der Waals surface area contributed by atoms with Gasteiger partial charge < -0.3 is 4.90 Å². The first kappa shape index (κ1) is 22.0. The predicted molar refractivity (Wildman–Crippen MR) is 109 cm³/mol. The van der Waals surface area contributed by atoms with Crippen molar-refractivity contribution in [1.29, 1.82) is 0 Å². The summed E-state index contributed by atoms with van der Waals surface area (Å²) in [6.45, 7) is 8.94. The largest absolute Gasteiger partial charge is 0.416 e. The van der Waals surface area contributed by atoms with Crippen LogP contribution in [0.4, 0.5) is 23.7 Å². The molecule has 1 aromatic carbocycles. The van der Waals surface area contributed by atoms with Gasteiger partial charge in [-0.05, 0) is 50.7 Å². The van der Waals surface area contributed by atoms with Crippen LogP contribution in [-0.4, -0.2) is 47.8 Å². The number of anilines is 1. The van der Waals surface area contributed by atoms with E-state index in [4.69, 9.17) is 11.6 Å². The van der Waals surface area contributed by atoms with Crippen LogP contribution in [0, 0.1) is 0 Å². The third kappa shape index (κ3) is 4.90. The van der Waals surface area contributed by atoms with Crippen LogP contribution in [0.1, 0.15) is 31.9 Å². The lowest BCUT2D eigenvalue weighted by Crippen LogP contribution is -2.53. The van der Waals surface area contributed by atoms with Crippen LogP contribution >= 0.6 is 23.4 Å². The highest BCUT2D eigenvalue weighted by atomic mass is 35.5. The normalized spacial score (nSPS) is 20.5. The minimum absolute atomic E-state index is 0.0141. The molecule has 3 rings (SSSR count). The molecule has 0 spiro atoms. The molecule has 2 aliphatic rings. The molecule has 10 heteroatoms. The molecule has 0 unspecified atom stereocenters. The standard InChI is InChI=1S/C19H21ClF3N3O2S/c1-18(2,3)26-6-4-25(5-7-26)15-11(9-14-16(27)24-17(28)29-14)8-12(10-13(15)20)19(21,22)23/h8-10H,4-7H2,1-3H3,(H,24,27,28). The zero-order chi connectivity index (χ0) is 21.6. The van der Waals surface area contributed by atoms with Gasteiger partial charge in [-0.25, -0.2) is 0 Å². The number of hydrogen-bond donors (Lipinski definition) is 1. The van der Waals surface area contributed by atoms with Gasteiger partial charge >= 0.3 is 6.18 Å². The first-order valence-corrected chi connectivity index (χ1v) is 10.2. The molecule has 0 radical (unpaired) electrons. The average Bonchev–Trinajstić information content (AvgIpc) is 2.90. The van der Waals surface area contributed by atoms with Crippen LogP contribution in [0.15, 0.2) is 17.0 Å². The van der Waals surface area contributed by atoms with Crippen molar-refractivity contribution in [2.24, 2.45) is 0 Å². The van der Waals surface area contributed by atoms with Crippen LogP contribution < -0.4 is 10.2 Å². The summed E-state index contributed by atoms with van der Waals surface area (Å²) in [5.41, 5.74) is -0.309. The van der Waals surface area contributed by atoms with E-state index in [1.807, 2.05) is 4.90 Å². The van der Waals surface area contributed by atoms with Crippen LogP contribution in [0.5, 0.6) is 0 Å². The van der Waals surface area contributed by atoms with E-state index in [9.17, 15) is 22.8 Å². The van der Waals surface area contributed by atoms with E-state index < -0.39 is 22.9 Å². The lowest BCUT2D eigenvalue weighted by molar-refractivity contribution is -0.137. The summed E-state index contributed by atoms with van der Waals surface area (Å²) in [4.78, 5) is 27.6. The SMILES string of the molecule is CC(C)(C)N1CCN(c2c(Cl)cc(C(F)(F)F)cc2C=C2SC(=O)NC2=O)CC1. The number of nitrogens with one attached hydrogen (secondary N) is 1. The van der Waals surface area contributed by atoms with E-state index in [1.165, 1.54) is 6.08 Å². The third-order valence-electron chi connectivity index (χ3n) is 4.89. The molecular formula is C19H21ClF3N3O2S. The van der Waals surface area contributed by atoms with Crippen molar-refractivity contribution in [3.63, 3.8) is 0 Å². The number of thioether (sulfide) groups is 1. The van der Waals surface area contributed by atoms with Gasteiger partial charge in [0.25, 0.3) is 11.1 Å². The van der Waals surface area contributed by atoms with E-state index in [1.54, 1.807) is 0 Å². The van der Waals surface area contributed by atoms with Crippen LogP contribution in [-0.2, 0) is 11.0 Å². The van der Waals surface area contributed by atoms with Gasteiger partial charge in [-0.1, -0.05) is 11.6 Å². The number of amides is 2. The molecule has 2 heterocycles. The first-order chi connectivity index (χ1) is 13.4. The fourth-order valence-corrected chi connectivity index (χ4v) is 4.41. The molecule has 2 amide bonds. The molecule has 1 N–H and O–H groups in total. The molecule has 0 bridgehead atoms. The lowest BCUT2D eigenvalue weighted by atomic mass is 10.0. The van der Waals surface area contributed by atoms with Crippen molar-refractivity contribution in [2.45, 2.75) is 32.5 Å². The topological polar surface area (TPSA) is 52.6 Å². The van der Waals surface area contributed by atoms with E-state index in [-0.39, 0.29) is 21.0 Å². The highest BCUT2D eigenvalue weighted by Gasteiger charge is 2.34. The molecule has 0 atom stereocenters. The third-order valence-corrected chi connectivity index (χ3v) is 5.99. The fraction of sp³-hybridized carbons (Fsp3) is 0.474. The number of benzene rings is 1. The number of nitrogens with zero attached hydrogens (tertiary/aromatic N) is 2. The van der Waals surface area contributed by atoms with Crippen molar-refractivity contribution in [2.75, 3.05) is 31.1 Å². The number of piperazine rings is 1. The second kappa shape index (κ2) is 7.85. The maximum absolute atomic E-state index is 13.3. The molecule has 0 aliphatic carbocycles. The monoisotopic (exact) mass is 447 g/mol. The maximum Gasteiger partial charge on any atom is 0.416 e. The molecule has 1 aromatic rings. The number of halogens is 4. The lowest BCUT2D eigenvalue weighted by Gasteiger charge is -2.43. The minimum atomic E-state index is -4.58. The first-order valence-electron chi connectivity index (χ1n) is 9.02. The van der Waals surface area contributed by atoms with Crippen molar-refractivity contribution in [3.8, 4) is 0 Å². The Balaban J connectivity index is 2.01. The smallest absolute Gasteiger partial charge is 0.367 e. The Morgan fingerprint density at radius 2 is 1.72 bits per heavy atom. The second-order valence-electron chi connectivity index (χ2n) is 7.89. The molecule has 2 aliphatic heterocycles. The minimum Gasteiger partial charge on any atom is -0.367 e. The van der Waals surface area contributed by atoms with Crippen LogP contribution in [0.25, 0.3) is 6.08 Å². The van der Waals surface area contributed by atoms with Gasteiger partial charge in [0.05, 0.1) is 21.2 Å². The molecule has 5 nitrogen and oxygen atoms in total. The summed E-state index contributed by atoms with van der Waals surface area (Å²) < 4.78 is 40.0. The number of hydrogen-bond acceptors (Lipinski definition) is 5. The Morgan fingerprint density at radius 1 is 1.10 bits per heavy atom. The van der Waals surface area contributed by atoms with Crippen LogP contribution in [0.3, 0.4) is 0 Å². The Hall–Kier alpha value is -1.71. The number of rotatable bonds is 2. The van der Waals surface area contributed by atoms with E-state index >= 15 is 0 Å². The van der Waals surface area contributed by atoms with Gasteiger partial charge in [0.1, 0.15) is 0 Å². The average molecular weight is 448 g/mol. The highest BCUT2D eigenvalue weighted by Crippen LogP contribution is 2.40. The summed E-state index contributed by atoms with van der Waals surface area (Å²) in [7, 11) is 0. The highest BCUT2D eigenvalue weighted by molar-refractivity contribution is 8.18. The summed E-state index contributed by atoms with van der Waals surface area (Å²) in [6.07, 6.45) is -3.28. The molecule has 2 saturated heterocycles. The fourth-order valence-electron chi connectivity index (χ4n) is 3.39. The van der Waals surface area contributed by atoms with Crippen molar-refractivity contribution in [3.05, 3.63) is 33.2 Å². The second-order valence-corrected chi connectivity index (χ2v) is 9.31. The Kier molecular flexibility index (Phi) is 5.95. The Bertz CT molecular complexity index is 873. The van der Waals surface area contributed by atoms with E-state index in [0.29, 0.717) is 30.5 Å². The Morgan fingerprint density at radius 3 is 2.21 bits per heavy atom. The van der Waals surface area contributed by atoms with Gasteiger partial charge in [0.15, 0.2) is 0 Å². The van der Waals surface area contributed by atoms with Gasteiger partial charge in [-0.15, -0.1) is 0 Å².